The Labute approximate surface area is 210 Å². The third-order valence-electron chi connectivity index (χ3n) is 4.92. The highest BCUT2D eigenvalue weighted by Gasteiger charge is 2.04. The first-order valence-corrected chi connectivity index (χ1v) is 13.3. The number of rotatable bonds is 6. The van der Waals surface area contributed by atoms with E-state index in [1.807, 2.05) is 60.3 Å². The molecule has 3 heterocycles. The van der Waals surface area contributed by atoms with Crippen LogP contribution in [0.2, 0.25) is 0 Å². The normalized spacial score (nSPS) is 9.88. The molecule has 0 saturated heterocycles. The highest BCUT2D eigenvalue weighted by atomic mass is 15.3. The predicted molar refractivity (Wildman–Crippen MR) is 149 cm³/mol. The Morgan fingerprint density at radius 1 is 0.500 bits per heavy atom. The highest BCUT2D eigenvalue weighted by Crippen LogP contribution is 2.13. The van der Waals surface area contributed by atoms with Crippen LogP contribution in [-0.4, -0.2) is 29.3 Å². The molecule has 0 aliphatic heterocycles. The predicted octanol–water partition coefficient (Wildman–Crippen LogP) is 8.13. The maximum absolute atomic E-state index is 4.17. The summed E-state index contributed by atoms with van der Waals surface area (Å²) in [4.78, 5) is 0. The van der Waals surface area contributed by atoms with Crippen LogP contribution in [0, 0.1) is 0 Å². The van der Waals surface area contributed by atoms with Gasteiger partial charge in [0.15, 0.2) is 0 Å². The first kappa shape index (κ1) is 33.8. The number of hydrogen-bond acceptors (Lipinski definition) is 3. The monoisotopic (exact) mass is 474 g/mol. The Morgan fingerprint density at radius 3 is 0.824 bits per heavy atom. The number of nitrogens with zero attached hydrogens (tertiary/aromatic N) is 6. The second-order valence-electron chi connectivity index (χ2n) is 8.18. The van der Waals surface area contributed by atoms with Gasteiger partial charge in [-0.15, -0.1) is 0 Å². The summed E-state index contributed by atoms with van der Waals surface area (Å²) in [6.45, 7) is 30.4. The number of aromatic nitrogens is 6. The molecule has 3 rings (SSSR count). The molecule has 196 valence electrons. The molecule has 0 aliphatic carbocycles. The molecule has 0 spiro atoms. The lowest BCUT2D eigenvalue weighted by Crippen LogP contribution is -2.03. The van der Waals surface area contributed by atoms with Crippen LogP contribution in [0.4, 0.5) is 0 Å². The van der Waals surface area contributed by atoms with E-state index in [0.717, 1.165) is 19.6 Å². The van der Waals surface area contributed by atoms with Gasteiger partial charge in [0, 0.05) is 55.3 Å². The first-order valence-electron chi connectivity index (χ1n) is 13.3. The van der Waals surface area contributed by atoms with Crippen molar-refractivity contribution in [2.75, 3.05) is 0 Å². The van der Waals surface area contributed by atoms with Gasteiger partial charge in [-0.05, 0) is 56.7 Å². The summed E-state index contributed by atoms with van der Waals surface area (Å²) in [6, 6.07) is 6.23. The lowest BCUT2D eigenvalue weighted by Gasteiger charge is -2.06. The Morgan fingerprint density at radius 2 is 0.706 bits per heavy atom. The number of hydrogen-bond donors (Lipinski definition) is 0. The first-order chi connectivity index (χ1) is 16.3. The van der Waals surface area contributed by atoms with Crippen LogP contribution in [0.1, 0.15) is 125 Å². The summed E-state index contributed by atoms with van der Waals surface area (Å²) in [6.07, 6.45) is 5.58. The van der Waals surface area contributed by atoms with Gasteiger partial charge in [0.05, 0.1) is 0 Å². The molecule has 0 atom stereocenters. The molecular weight excluding hydrogens is 420 g/mol. The van der Waals surface area contributed by atoms with Crippen molar-refractivity contribution < 1.29 is 0 Å². The van der Waals surface area contributed by atoms with Crippen LogP contribution >= 0.6 is 0 Å². The maximum Gasteiger partial charge on any atom is 0.0492 e. The Kier molecular flexibility index (Phi) is 19.9. The summed E-state index contributed by atoms with van der Waals surface area (Å²) in [7, 11) is 0. The molecule has 34 heavy (non-hydrogen) atoms. The average Bonchev–Trinajstić information content (AvgIpc) is 3.62. The van der Waals surface area contributed by atoms with E-state index >= 15 is 0 Å². The van der Waals surface area contributed by atoms with E-state index in [1.54, 1.807) is 0 Å². The summed E-state index contributed by atoms with van der Waals surface area (Å²) in [5.41, 5.74) is 3.97. The van der Waals surface area contributed by atoms with E-state index in [2.05, 4.69) is 95.8 Å². The van der Waals surface area contributed by atoms with Crippen LogP contribution in [0.5, 0.6) is 0 Å². The molecule has 6 nitrogen and oxygen atoms in total. The Hall–Kier alpha value is -2.37. The van der Waals surface area contributed by atoms with Gasteiger partial charge in [-0.3, -0.25) is 14.0 Å². The van der Waals surface area contributed by atoms with Gasteiger partial charge in [0.2, 0.25) is 0 Å². The van der Waals surface area contributed by atoms with Crippen molar-refractivity contribution in [1.82, 2.24) is 29.3 Å². The molecule has 3 aromatic heterocycles. The van der Waals surface area contributed by atoms with Gasteiger partial charge in [-0.2, -0.15) is 15.3 Å². The molecule has 0 aliphatic rings. The molecule has 0 bridgehead atoms. The fraction of sp³-hybridized carbons (Fsp3) is 0.679. The van der Waals surface area contributed by atoms with E-state index < -0.39 is 0 Å². The van der Waals surface area contributed by atoms with Crippen molar-refractivity contribution in [2.45, 2.75) is 127 Å². The second-order valence-corrected chi connectivity index (χ2v) is 8.18. The molecule has 0 amide bonds. The van der Waals surface area contributed by atoms with Crippen molar-refractivity contribution >= 4 is 0 Å². The molecule has 0 saturated carbocycles. The van der Waals surface area contributed by atoms with E-state index in [9.17, 15) is 0 Å². The molecule has 0 radical (unpaired) electrons. The van der Waals surface area contributed by atoms with Crippen molar-refractivity contribution in [3.8, 4) is 0 Å². The van der Waals surface area contributed by atoms with E-state index in [-0.39, 0.29) is 0 Å². The zero-order valence-corrected chi connectivity index (χ0v) is 24.5. The maximum atomic E-state index is 4.17. The molecule has 3 aromatic rings. The van der Waals surface area contributed by atoms with Gasteiger partial charge >= 0.3 is 0 Å². The lowest BCUT2D eigenvalue weighted by atomic mass is 10.1. The number of aryl methyl sites for hydroxylation is 3. The SMILES string of the molecule is CC.CC.CCn1nccc1C(C)C.CCn1nccc1C(C)C.CCn1nccc1C(C)C. The zero-order valence-electron chi connectivity index (χ0n) is 24.5. The summed E-state index contributed by atoms with van der Waals surface area (Å²) in [5, 5.41) is 12.5. The Bertz CT molecular complexity index is 713. The smallest absolute Gasteiger partial charge is 0.0492 e. The molecule has 6 heteroatoms. The lowest BCUT2D eigenvalue weighted by molar-refractivity contribution is 0.598. The van der Waals surface area contributed by atoms with E-state index in [4.69, 9.17) is 0 Å². The summed E-state index contributed by atoms with van der Waals surface area (Å²) in [5.74, 6) is 1.76. The quantitative estimate of drug-likeness (QED) is 0.362. The molecular formula is C28H54N6. The third-order valence-corrected chi connectivity index (χ3v) is 4.92. The van der Waals surface area contributed by atoms with Crippen LogP contribution in [-0.2, 0) is 19.6 Å². The standard InChI is InChI=1S/3C8H14N2.2C2H6/c3*1-4-10-8(7(2)3)5-6-9-10;2*1-2/h3*5-7H,4H2,1-3H3;2*1-2H3. The highest BCUT2D eigenvalue weighted by molar-refractivity contribution is 5.06. The fourth-order valence-electron chi connectivity index (χ4n) is 3.29. The van der Waals surface area contributed by atoms with E-state index in [0.29, 0.717) is 17.8 Å². The van der Waals surface area contributed by atoms with Crippen molar-refractivity contribution in [3.05, 3.63) is 53.9 Å². The fourth-order valence-corrected chi connectivity index (χ4v) is 3.29. The second kappa shape index (κ2) is 20.0. The van der Waals surface area contributed by atoms with Crippen molar-refractivity contribution in [3.63, 3.8) is 0 Å². The van der Waals surface area contributed by atoms with Crippen LogP contribution in [0.3, 0.4) is 0 Å². The van der Waals surface area contributed by atoms with Gasteiger partial charge in [-0.25, -0.2) is 0 Å². The van der Waals surface area contributed by atoms with Crippen LogP contribution < -0.4 is 0 Å². The van der Waals surface area contributed by atoms with Gasteiger partial charge < -0.3 is 0 Å². The Balaban J connectivity index is 0. The van der Waals surface area contributed by atoms with Gasteiger partial charge in [0.1, 0.15) is 0 Å². The van der Waals surface area contributed by atoms with Gasteiger partial charge in [0.25, 0.3) is 0 Å². The van der Waals surface area contributed by atoms with Crippen molar-refractivity contribution in [2.24, 2.45) is 0 Å². The summed E-state index contributed by atoms with van der Waals surface area (Å²) >= 11 is 0. The molecule has 0 N–H and O–H groups in total. The van der Waals surface area contributed by atoms with Crippen molar-refractivity contribution in [1.29, 1.82) is 0 Å². The minimum atomic E-state index is 0.586. The largest absolute Gasteiger partial charge is 0.270 e. The van der Waals surface area contributed by atoms with Gasteiger partial charge in [-0.1, -0.05) is 69.2 Å². The zero-order chi connectivity index (χ0) is 26.7. The third kappa shape index (κ3) is 11.7. The van der Waals surface area contributed by atoms with E-state index in [1.165, 1.54) is 17.1 Å². The molecule has 0 unspecified atom stereocenters. The average molecular weight is 475 g/mol. The summed E-state index contributed by atoms with van der Waals surface area (Å²) < 4.78 is 6.10. The molecule has 0 aromatic carbocycles. The molecule has 0 fully saturated rings. The topological polar surface area (TPSA) is 53.5 Å². The van der Waals surface area contributed by atoms with Crippen LogP contribution in [0.15, 0.2) is 36.8 Å². The minimum Gasteiger partial charge on any atom is -0.270 e. The van der Waals surface area contributed by atoms with Crippen LogP contribution in [0.25, 0.3) is 0 Å². The minimum absolute atomic E-state index is 0.586.